The zero-order valence-corrected chi connectivity index (χ0v) is 14.9. The molecule has 0 bridgehead atoms. The number of hydrogen-bond acceptors (Lipinski definition) is 5. The molecule has 6 heteroatoms. The number of ether oxygens (including phenoxy) is 1. The molecule has 0 aliphatic heterocycles. The van der Waals surface area contributed by atoms with Crippen molar-refractivity contribution in [2.75, 3.05) is 6.61 Å². The molecule has 0 radical (unpaired) electrons. The minimum Gasteiger partial charge on any atom is -0.493 e. The van der Waals surface area contributed by atoms with Gasteiger partial charge < -0.3 is 10.1 Å². The number of para-hydroxylation sites is 1. The van der Waals surface area contributed by atoms with Crippen molar-refractivity contribution in [1.29, 1.82) is 0 Å². The smallest absolute Gasteiger partial charge is 0.143 e. The minimum absolute atomic E-state index is 0.197. The molecule has 134 valence electrons. The largest absolute Gasteiger partial charge is 0.493 e. The lowest BCUT2D eigenvalue weighted by Gasteiger charge is -2.17. The van der Waals surface area contributed by atoms with Gasteiger partial charge in [0.05, 0.1) is 12.3 Å². The highest BCUT2D eigenvalue weighted by Gasteiger charge is 2.22. The van der Waals surface area contributed by atoms with Crippen LogP contribution in [0.5, 0.6) is 5.75 Å². The van der Waals surface area contributed by atoms with Crippen LogP contribution in [0.3, 0.4) is 0 Å². The Morgan fingerprint density at radius 1 is 1.19 bits per heavy atom. The van der Waals surface area contributed by atoms with Crippen LogP contribution in [0.4, 0.5) is 0 Å². The van der Waals surface area contributed by atoms with E-state index < -0.39 is 0 Å². The van der Waals surface area contributed by atoms with Gasteiger partial charge in [-0.15, -0.1) is 5.10 Å². The van der Waals surface area contributed by atoms with Crippen molar-refractivity contribution < 1.29 is 4.74 Å². The molecule has 1 N–H and O–H groups in total. The van der Waals surface area contributed by atoms with Crippen molar-refractivity contribution in [3.63, 3.8) is 0 Å². The number of aromatic nitrogens is 4. The fourth-order valence-corrected chi connectivity index (χ4v) is 2.88. The van der Waals surface area contributed by atoms with Gasteiger partial charge in [0, 0.05) is 18.2 Å². The molecule has 0 unspecified atom stereocenters. The van der Waals surface area contributed by atoms with Crippen LogP contribution in [-0.4, -0.2) is 26.8 Å². The van der Waals surface area contributed by atoms with Crippen molar-refractivity contribution in [3.05, 3.63) is 66.0 Å². The number of hydrogen-bond donors (Lipinski definition) is 1. The Bertz CT molecular complexity index is 845. The topological polar surface area (TPSA) is 64.9 Å². The van der Waals surface area contributed by atoms with E-state index >= 15 is 0 Å². The molecule has 4 rings (SSSR count). The number of nitrogens with one attached hydrogen (secondary N) is 1. The van der Waals surface area contributed by atoms with E-state index in [2.05, 4.69) is 58.1 Å². The molecule has 26 heavy (non-hydrogen) atoms. The lowest BCUT2D eigenvalue weighted by atomic mass is 10.1. The summed E-state index contributed by atoms with van der Waals surface area (Å²) in [7, 11) is 0. The Morgan fingerprint density at radius 2 is 2.08 bits per heavy atom. The van der Waals surface area contributed by atoms with E-state index in [-0.39, 0.29) is 6.04 Å². The Hall–Kier alpha value is -2.73. The summed E-state index contributed by atoms with van der Waals surface area (Å²) >= 11 is 0. The third kappa shape index (κ3) is 4.08. The molecule has 0 saturated heterocycles. The predicted octanol–water partition coefficient (Wildman–Crippen LogP) is 3.30. The zero-order valence-electron chi connectivity index (χ0n) is 14.9. The van der Waals surface area contributed by atoms with E-state index in [1.807, 2.05) is 18.2 Å². The first kappa shape index (κ1) is 16.7. The third-order valence-electron chi connectivity index (χ3n) is 4.73. The van der Waals surface area contributed by atoms with Crippen LogP contribution in [-0.2, 0) is 6.54 Å². The number of nitrogens with zero attached hydrogens (tertiary/aromatic N) is 4. The molecular formula is C20H23N5O. The highest BCUT2D eigenvalue weighted by Crippen LogP contribution is 2.30. The molecule has 1 saturated carbocycles. The van der Waals surface area contributed by atoms with Gasteiger partial charge >= 0.3 is 0 Å². The van der Waals surface area contributed by atoms with Gasteiger partial charge in [-0.25, -0.2) is 4.68 Å². The van der Waals surface area contributed by atoms with Gasteiger partial charge in [0.1, 0.15) is 12.1 Å². The molecule has 1 aromatic heterocycles. The second-order valence-electron chi connectivity index (χ2n) is 6.81. The minimum atomic E-state index is 0.197. The summed E-state index contributed by atoms with van der Waals surface area (Å²) < 4.78 is 7.67. The highest BCUT2D eigenvalue weighted by atomic mass is 16.5. The van der Waals surface area contributed by atoms with Crippen LogP contribution in [0, 0.1) is 5.92 Å². The Balaban J connectivity index is 1.41. The lowest BCUT2D eigenvalue weighted by Crippen LogP contribution is -2.19. The van der Waals surface area contributed by atoms with Gasteiger partial charge in [0.25, 0.3) is 0 Å². The number of benzene rings is 2. The van der Waals surface area contributed by atoms with E-state index in [1.54, 1.807) is 11.0 Å². The second-order valence-corrected chi connectivity index (χ2v) is 6.81. The molecule has 1 aliphatic rings. The molecule has 3 aromatic rings. The van der Waals surface area contributed by atoms with Crippen molar-refractivity contribution in [2.24, 2.45) is 5.92 Å². The van der Waals surface area contributed by atoms with Gasteiger partial charge in [0.2, 0.25) is 0 Å². The fraction of sp³-hybridized carbons (Fsp3) is 0.350. The van der Waals surface area contributed by atoms with Crippen LogP contribution in [0.15, 0.2) is 54.9 Å². The lowest BCUT2D eigenvalue weighted by molar-refractivity contribution is 0.295. The first-order chi connectivity index (χ1) is 12.8. The van der Waals surface area contributed by atoms with E-state index in [4.69, 9.17) is 4.74 Å². The first-order valence-corrected chi connectivity index (χ1v) is 9.07. The maximum absolute atomic E-state index is 6.00. The van der Waals surface area contributed by atoms with Gasteiger partial charge in [-0.1, -0.05) is 30.3 Å². The molecule has 1 fully saturated rings. The summed E-state index contributed by atoms with van der Waals surface area (Å²) in [6.07, 6.45) is 4.20. The molecule has 1 aliphatic carbocycles. The van der Waals surface area contributed by atoms with Gasteiger partial charge in [-0.3, -0.25) is 0 Å². The number of tetrazole rings is 1. The van der Waals surface area contributed by atoms with Crippen molar-refractivity contribution in [3.8, 4) is 11.4 Å². The molecule has 6 nitrogen and oxygen atoms in total. The fourth-order valence-electron chi connectivity index (χ4n) is 2.88. The third-order valence-corrected chi connectivity index (χ3v) is 4.73. The molecule has 1 atom stereocenters. The van der Waals surface area contributed by atoms with Crippen molar-refractivity contribution in [2.45, 2.75) is 32.4 Å². The molecule has 2 aromatic carbocycles. The molecule has 0 amide bonds. The van der Waals surface area contributed by atoms with Crippen molar-refractivity contribution >= 4 is 0 Å². The quantitative estimate of drug-likeness (QED) is 0.676. The van der Waals surface area contributed by atoms with E-state index in [0.29, 0.717) is 0 Å². The standard InChI is InChI=1S/C20H23N5O/c1-15(17-6-4-7-19(11-17)25-14-22-23-24-25)21-12-18-5-2-3-8-20(18)26-13-16-9-10-16/h2-8,11,14-16,21H,9-10,12-13H2,1H3/t15-/m0/s1. The zero-order chi connectivity index (χ0) is 17.8. The summed E-state index contributed by atoms with van der Waals surface area (Å²) in [5, 5.41) is 14.9. The monoisotopic (exact) mass is 349 g/mol. The van der Waals surface area contributed by atoms with Gasteiger partial charge in [-0.2, -0.15) is 0 Å². The average Bonchev–Trinajstić information content (AvgIpc) is 3.35. The summed E-state index contributed by atoms with van der Waals surface area (Å²) in [4.78, 5) is 0. The maximum atomic E-state index is 6.00. The normalized spacial score (nSPS) is 15.0. The SMILES string of the molecule is C[C@H](NCc1ccccc1OCC1CC1)c1cccc(-n2cnnn2)c1. The van der Waals surface area contributed by atoms with Crippen LogP contribution in [0.1, 0.15) is 36.9 Å². The van der Waals surface area contributed by atoms with E-state index in [9.17, 15) is 0 Å². The van der Waals surface area contributed by atoms with Crippen LogP contribution < -0.4 is 10.1 Å². The molecular weight excluding hydrogens is 326 g/mol. The van der Waals surface area contributed by atoms with Crippen LogP contribution in [0.25, 0.3) is 5.69 Å². The van der Waals surface area contributed by atoms with E-state index in [0.717, 1.165) is 30.5 Å². The molecule has 1 heterocycles. The summed E-state index contributed by atoms with van der Waals surface area (Å²) in [6.45, 7) is 3.75. The highest BCUT2D eigenvalue weighted by molar-refractivity contribution is 5.36. The van der Waals surface area contributed by atoms with Gasteiger partial charge in [-0.05, 0) is 59.9 Å². The second kappa shape index (κ2) is 7.66. The summed E-state index contributed by atoms with van der Waals surface area (Å²) in [6, 6.07) is 16.7. The van der Waals surface area contributed by atoms with Gasteiger partial charge in [0.15, 0.2) is 0 Å². The van der Waals surface area contributed by atoms with Crippen molar-refractivity contribution in [1.82, 2.24) is 25.5 Å². The van der Waals surface area contributed by atoms with Crippen LogP contribution >= 0.6 is 0 Å². The maximum Gasteiger partial charge on any atom is 0.143 e. The van der Waals surface area contributed by atoms with E-state index in [1.165, 1.54) is 24.0 Å². The Morgan fingerprint density at radius 3 is 2.88 bits per heavy atom. The average molecular weight is 349 g/mol. The summed E-state index contributed by atoms with van der Waals surface area (Å²) in [5.74, 6) is 1.74. The first-order valence-electron chi connectivity index (χ1n) is 9.07. The van der Waals surface area contributed by atoms with Crippen LogP contribution in [0.2, 0.25) is 0 Å². The Labute approximate surface area is 153 Å². The molecule has 0 spiro atoms. The summed E-state index contributed by atoms with van der Waals surface area (Å²) in [5.41, 5.74) is 3.33. The number of rotatable bonds is 8. The Kier molecular flexibility index (Phi) is 4.93. The predicted molar refractivity (Wildman–Crippen MR) is 99.1 cm³/mol.